The van der Waals surface area contributed by atoms with Crippen LogP contribution < -0.4 is 10.6 Å². The molecule has 0 unspecified atom stereocenters. The van der Waals surface area contributed by atoms with E-state index >= 15 is 0 Å². The van der Waals surface area contributed by atoms with Gasteiger partial charge >= 0.3 is 0 Å². The number of carbonyl (C=O) groups is 2. The van der Waals surface area contributed by atoms with E-state index in [0.29, 0.717) is 5.69 Å². The standard InChI is InChI=1S/C17H14ClFN2O2/c1-11(22)20-13-8-5-12(6-9-13)7-10-16(23)21-15-4-2-3-14(18)17(15)19/h2-10H,1H3,(H,20,22)(H,21,23)/b10-7+. The van der Waals surface area contributed by atoms with Crippen molar-refractivity contribution in [3.05, 3.63) is 64.9 Å². The molecule has 0 fully saturated rings. The van der Waals surface area contributed by atoms with E-state index in [1.54, 1.807) is 36.4 Å². The fraction of sp³-hybridized carbons (Fsp3) is 0.0588. The Balaban J connectivity index is 2.00. The summed E-state index contributed by atoms with van der Waals surface area (Å²) in [4.78, 5) is 22.7. The predicted molar refractivity (Wildman–Crippen MR) is 89.8 cm³/mol. The van der Waals surface area contributed by atoms with Crippen LogP contribution in [0, 0.1) is 5.82 Å². The van der Waals surface area contributed by atoms with Crippen LogP contribution in [0.3, 0.4) is 0 Å². The molecule has 0 aliphatic rings. The van der Waals surface area contributed by atoms with Crippen molar-refractivity contribution in [1.29, 1.82) is 0 Å². The van der Waals surface area contributed by atoms with Gasteiger partial charge in [-0.3, -0.25) is 9.59 Å². The summed E-state index contributed by atoms with van der Waals surface area (Å²) in [5, 5.41) is 5.01. The maximum atomic E-state index is 13.7. The maximum absolute atomic E-state index is 13.7. The van der Waals surface area contributed by atoms with Crippen LogP contribution in [0.15, 0.2) is 48.5 Å². The molecule has 2 amide bonds. The number of anilines is 2. The lowest BCUT2D eigenvalue weighted by Crippen LogP contribution is -2.09. The smallest absolute Gasteiger partial charge is 0.248 e. The Morgan fingerprint density at radius 2 is 1.78 bits per heavy atom. The van der Waals surface area contributed by atoms with Crippen LogP contribution in [-0.2, 0) is 9.59 Å². The minimum Gasteiger partial charge on any atom is -0.326 e. The van der Waals surface area contributed by atoms with Gasteiger partial charge < -0.3 is 10.6 Å². The van der Waals surface area contributed by atoms with Crippen molar-refractivity contribution in [2.75, 3.05) is 10.6 Å². The largest absolute Gasteiger partial charge is 0.326 e. The third-order valence-electron chi connectivity index (χ3n) is 2.87. The zero-order chi connectivity index (χ0) is 16.8. The number of halogens is 2. The Hall–Kier alpha value is -2.66. The van der Waals surface area contributed by atoms with Gasteiger partial charge in [-0.2, -0.15) is 0 Å². The Morgan fingerprint density at radius 3 is 2.43 bits per heavy atom. The Morgan fingerprint density at radius 1 is 1.09 bits per heavy atom. The molecule has 0 atom stereocenters. The van der Waals surface area contributed by atoms with Gasteiger partial charge in [-0.1, -0.05) is 29.8 Å². The minimum atomic E-state index is -0.671. The number of carbonyl (C=O) groups excluding carboxylic acids is 2. The highest BCUT2D eigenvalue weighted by molar-refractivity contribution is 6.31. The molecule has 2 aromatic rings. The van der Waals surface area contributed by atoms with Crippen molar-refractivity contribution in [1.82, 2.24) is 0 Å². The molecule has 2 N–H and O–H groups in total. The average Bonchev–Trinajstić information content (AvgIpc) is 2.51. The highest BCUT2D eigenvalue weighted by atomic mass is 35.5. The predicted octanol–water partition coefficient (Wildman–Crippen LogP) is 4.09. The van der Waals surface area contributed by atoms with E-state index in [0.717, 1.165) is 5.56 Å². The molecule has 2 rings (SSSR count). The van der Waals surface area contributed by atoms with Gasteiger partial charge in [0, 0.05) is 18.7 Å². The van der Waals surface area contributed by atoms with Crippen molar-refractivity contribution >= 4 is 40.9 Å². The fourth-order valence-corrected chi connectivity index (χ4v) is 2.00. The molecular formula is C17H14ClFN2O2. The van der Waals surface area contributed by atoms with Gasteiger partial charge in [0.2, 0.25) is 11.8 Å². The summed E-state index contributed by atoms with van der Waals surface area (Å²) in [6.07, 6.45) is 2.86. The number of rotatable bonds is 4. The lowest BCUT2D eigenvalue weighted by atomic mass is 10.2. The van der Waals surface area contributed by atoms with Crippen LogP contribution in [0.2, 0.25) is 5.02 Å². The summed E-state index contributed by atoms with van der Waals surface area (Å²) >= 11 is 5.65. The van der Waals surface area contributed by atoms with Crippen molar-refractivity contribution in [3.63, 3.8) is 0 Å². The topological polar surface area (TPSA) is 58.2 Å². The second-order valence-corrected chi connectivity index (χ2v) is 5.13. The lowest BCUT2D eigenvalue weighted by molar-refractivity contribution is -0.114. The second-order valence-electron chi connectivity index (χ2n) is 4.73. The molecule has 118 valence electrons. The van der Waals surface area contributed by atoms with Crippen LogP contribution in [0.5, 0.6) is 0 Å². The Kier molecular flexibility index (Phi) is 5.49. The minimum absolute atomic E-state index is 0.0214. The van der Waals surface area contributed by atoms with Gasteiger partial charge in [0.05, 0.1) is 10.7 Å². The number of hydrogen-bond donors (Lipinski definition) is 2. The molecule has 0 radical (unpaired) electrons. The SMILES string of the molecule is CC(=O)Nc1ccc(/C=C/C(=O)Nc2cccc(Cl)c2F)cc1. The molecular weight excluding hydrogens is 319 g/mol. The molecule has 0 heterocycles. The molecule has 0 aliphatic carbocycles. The van der Waals surface area contributed by atoms with Gasteiger partial charge in [0.1, 0.15) is 0 Å². The zero-order valence-electron chi connectivity index (χ0n) is 12.3. The van der Waals surface area contributed by atoms with E-state index in [2.05, 4.69) is 10.6 Å². The van der Waals surface area contributed by atoms with Crippen LogP contribution in [0.1, 0.15) is 12.5 Å². The Labute approximate surface area is 138 Å². The first-order valence-corrected chi connectivity index (χ1v) is 7.14. The fourth-order valence-electron chi connectivity index (χ4n) is 1.83. The average molecular weight is 333 g/mol. The maximum Gasteiger partial charge on any atom is 0.248 e. The summed E-state index contributed by atoms with van der Waals surface area (Å²) in [5.74, 6) is -1.30. The summed E-state index contributed by atoms with van der Waals surface area (Å²) in [6, 6.07) is 11.3. The quantitative estimate of drug-likeness (QED) is 0.828. The molecule has 23 heavy (non-hydrogen) atoms. The molecule has 0 aromatic heterocycles. The first-order valence-electron chi connectivity index (χ1n) is 6.76. The van der Waals surface area contributed by atoms with Crippen molar-refractivity contribution < 1.29 is 14.0 Å². The van der Waals surface area contributed by atoms with Gasteiger partial charge in [-0.25, -0.2) is 4.39 Å². The van der Waals surface area contributed by atoms with E-state index in [1.807, 2.05) is 0 Å². The van der Waals surface area contributed by atoms with E-state index in [-0.39, 0.29) is 16.6 Å². The molecule has 2 aromatic carbocycles. The van der Waals surface area contributed by atoms with Crippen LogP contribution in [0.4, 0.5) is 15.8 Å². The number of nitrogens with one attached hydrogen (secondary N) is 2. The molecule has 6 heteroatoms. The molecule has 0 saturated carbocycles. The third kappa shape index (κ3) is 4.93. The summed E-state index contributed by atoms with van der Waals surface area (Å²) < 4.78 is 13.7. The van der Waals surface area contributed by atoms with E-state index in [1.165, 1.54) is 25.1 Å². The number of benzene rings is 2. The van der Waals surface area contributed by atoms with Crippen molar-refractivity contribution in [2.45, 2.75) is 6.92 Å². The van der Waals surface area contributed by atoms with Crippen LogP contribution in [-0.4, -0.2) is 11.8 Å². The van der Waals surface area contributed by atoms with Crippen LogP contribution in [0.25, 0.3) is 6.08 Å². The summed E-state index contributed by atoms with van der Waals surface area (Å²) in [5.41, 5.74) is 1.45. The third-order valence-corrected chi connectivity index (χ3v) is 3.16. The van der Waals surface area contributed by atoms with Gasteiger partial charge in [-0.05, 0) is 35.9 Å². The first kappa shape index (κ1) is 16.7. The summed E-state index contributed by atoms with van der Waals surface area (Å²) in [7, 11) is 0. The lowest BCUT2D eigenvalue weighted by Gasteiger charge is -2.04. The molecule has 0 bridgehead atoms. The normalized spacial score (nSPS) is 10.6. The number of hydrogen-bond acceptors (Lipinski definition) is 2. The monoisotopic (exact) mass is 332 g/mol. The van der Waals surface area contributed by atoms with Gasteiger partial charge in [0.25, 0.3) is 0 Å². The zero-order valence-corrected chi connectivity index (χ0v) is 13.0. The highest BCUT2D eigenvalue weighted by Crippen LogP contribution is 2.22. The van der Waals surface area contributed by atoms with Gasteiger partial charge in [-0.15, -0.1) is 0 Å². The molecule has 0 saturated heterocycles. The van der Waals surface area contributed by atoms with Crippen molar-refractivity contribution in [3.8, 4) is 0 Å². The van der Waals surface area contributed by atoms with E-state index in [9.17, 15) is 14.0 Å². The number of amides is 2. The first-order chi connectivity index (χ1) is 11.0. The Bertz CT molecular complexity index is 758. The highest BCUT2D eigenvalue weighted by Gasteiger charge is 2.07. The second kappa shape index (κ2) is 7.56. The molecule has 0 spiro atoms. The summed E-state index contributed by atoms with van der Waals surface area (Å²) in [6.45, 7) is 1.42. The van der Waals surface area contributed by atoms with Crippen molar-refractivity contribution in [2.24, 2.45) is 0 Å². The molecule has 0 aliphatic heterocycles. The van der Waals surface area contributed by atoms with Crippen LogP contribution >= 0.6 is 11.6 Å². The van der Waals surface area contributed by atoms with Gasteiger partial charge in [0.15, 0.2) is 5.82 Å². The molecule has 4 nitrogen and oxygen atoms in total. The van der Waals surface area contributed by atoms with E-state index < -0.39 is 11.7 Å². The van der Waals surface area contributed by atoms with E-state index in [4.69, 9.17) is 11.6 Å².